The first-order chi connectivity index (χ1) is 10.4. The van der Waals surface area contributed by atoms with Crippen molar-refractivity contribution < 1.29 is 24.2 Å². The van der Waals surface area contributed by atoms with Crippen molar-refractivity contribution in [2.75, 3.05) is 6.61 Å². The van der Waals surface area contributed by atoms with E-state index in [1.165, 1.54) is 24.3 Å². The first-order valence-corrected chi connectivity index (χ1v) is 7.51. The number of aliphatic hydroxyl groups excluding tert-OH is 1. The Hall–Kier alpha value is -1.48. The summed E-state index contributed by atoms with van der Waals surface area (Å²) in [5.74, 6) is -2.71. The molecule has 0 radical (unpaired) electrons. The van der Waals surface area contributed by atoms with Crippen molar-refractivity contribution >= 4 is 57.9 Å². The number of nitrogens with zero attached hydrogens (tertiary/aromatic N) is 1. The zero-order valence-electron chi connectivity index (χ0n) is 10.8. The predicted octanol–water partition coefficient (Wildman–Crippen LogP) is 2.13. The highest BCUT2D eigenvalue weighted by Crippen LogP contribution is 2.35. The number of carboxylic acid groups (broad SMARTS) is 1. The van der Waals surface area contributed by atoms with Crippen LogP contribution in [0.3, 0.4) is 0 Å². The monoisotopic (exact) mass is 361 g/mol. The molecule has 2 N–H and O–H groups in total. The maximum Gasteiger partial charge on any atom is 0.329 e. The van der Waals surface area contributed by atoms with E-state index in [1.54, 1.807) is 0 Å². The van der Waals surface area contributed by atoms with Gasteiger partial charge in [-0.1, -0.05) is 41.6 Å². The van der Waals surface area contributed by atoms with E-state index in [-0.39, 0.29) is 19.8 Å². The van der Waals surface area contributed by atoms with Crippen molar-refractivity contribution in [1.29, 1.82) is 0 Å². The second-order valence-corrected chi connectivity index (χ2v) is 6.31. The Morgan fingerprint density at radius 1 is 1.55 bits per heavy atom. The summed E-state index contributed by atoms with van der Waals surface area (Å²) in [6, 6.07) is 2.60. The lowest BCUT2D eigenvalue weighted by Gasteiger charge is -2.20. The van der Waals surface area contributed by atoms with Gasteiger partial charge in [-0.2, -0.15) is 0 Å². The van der Waals surface area contributed by atoms with E-state index < -0.39 is 30.3 Å². The van der Waals surface area contributed by atoms with Gasteiger partial charge in [0.05, 0.1) is 16.5 Å². The second kappa shape index (κ2) is 6.74. The topological polar surface area (TPSA) is 77.8 Å². The fourth-order valence-corrected chi connectivity index (χ4v) is 3.35. The van der Waals surface area contributed by atoms with Gasteiger partial charge in [0, 0.05) is 5.56 Å². The van der Waals surface area contributed by atoms with Gasteiger partial charge in [-0.05, 0) is 18.2 Å². The summed E-state index contributed by atoms with van der Waals surface area (Å²) in [7, 11) is 0. The summed E-state index contributed by atoms with van der Waals surface area (Å²) in [6.45, 7) is -0.782. The normalized spacial score (nSPS) is 18.1. The molecule has 1 aromatic carbocycles. The molecule has 0 spiro atoms. The summed E-state index contributed by atoms with van der Waals surface area (Å²) < 4.78 is 13.7. The quantitative estimate of drug-likeness (QED) is 0.632. The van der Waals surface area contributed by atoms with E-state index >= 15 is 0 Å². The number of carbonyl (C=O) groups is 2. The Bertz CT molecular complexity index is 674. The summed E-state index contributed by atoms with van der Waals surface area (Å²) in [4.78, 5) is 24.1. The lowest BCUT2D eigenvalue weighted by molar-refractivity contribution is -0.146. The lowest BCUT2D eigenvalue weighted by atomic mass is 10.2. The average Bonchev–Trinajstić information content (AvgIpc) is 2.71. The van der Waals surface area contributed by atoms with Crippen LogP contribution in [0.4, 0.5) is 4.39 Å². The molecule has 2 rings (SSSR count). The van der Waals surface area contributed by atoms with E-state index in [2.05, 4.69) is 0 Å². The number of amides is 1. The van der Waals surface area contributed by atoms with Crippen LogP contribution in [0.25, 0.3) is 6.08 Å². The van der Waals surface area contributed by atoms with Crippen LogP contribution in [0, 0.1) is 5.82 Å². The molecule has 0 saturated carbocycles. The van der Waals surface area contributed by atoms with Gasteiger partial charge in [-0.15, -0.1) is 0 Å². The van der Waals surface area contributed by atoms with Crippen molar-refractivity contribution in [3.63, 3.8) is 0 Å². The van der Waals surface area contributed by atoms with Gasteiger partial charge >= 0.3 is 5.97 Å². The van der Waals surface area contributed by atoms with Crippen LogP contribution in [0.5, 0.6) is 0 Å². The van der Waals surface area contributed by atoms with Crippen LogP contribution >= 0.6 is 35.6 Å². The number of carboxylic acids is 1. The molecule has 0 bridgehead atoms. The van der Waals surface area contributed by atoms with Gasteiger partial charge in [-0.3, -0.25) is 9.69 Å². The van der Waals surface area contributed by atoms with Crippen molar-refractivity contribution in [3.05, 3.63) is 39.5 Å². The molecule has 1 saturated heterocycles. The Morgan fingerprint density at radius 2 is 2.23 bits per heavy atom. The number of hydrogen-bond acceptors (Lipinski definition) is 5. The number of carbonyl (C=O) groups excluding carboxylic acids is 1. The van der Waals surface area contributed by atoms with Crippen molar-refractivity contribution in [2.45, 2.75) is 6.04 Å². The first kappa shape index (κ1) is 16.9. The first-order valence-electron chi connectivity index (χ1n) is 5.91. The molecular formula is C13H9ClFNO4S2. The molecule has 1 aliphatic rings. The fourth-order valence-electron chi connectivity index (χ4n) is 1.80. The number of aliphatic hydroxyl groups is 1. The molecule has 1 atom stereocenters. The third-order valence-electron chi connectivity index (χ3n) is 2.87. The van der Waals surface area contributed by atoms with Gasteiger partial charge < -0.3 is 10.2 Å². The zero-order valence-corrected chi connectivity index (χ0v) is 13.2. The number of thioether (sulfide) groups is 1. The predicted molar refractivity (Wildman–Crippen MR) is 84.9 cm³/mol. The van der Waals surface area contributed by atoms with Gasteiger partial charge in [0.25, 0.3) is 5.91 Å². The fraction of sp³-hybridized carbons (Fsp3) is 0.154. The van der Waals surface area contributed by atoms with Crippen molar-refractivity contribution in [3.8, 4) is 0 Å². The Labute approximate surface area is 139 Å². The van der Waals surface area contributed by atoms with E-state index in [0.29, 0.717) is 0 Å². The molecule has 0 aromatic heterocycles. The van der Waals surface area contributed by atoms with Gasteiger partial charge in [0.15, 0.2) is 6.04 Å². The molecule has 116 valence electrons. The maximum atomic E-state index is 13.7. The summed E-state index contributed by atoms with van der Waals surface area (Å²) in [6.07, 6.45) is 1.22. The minimum absolute atomic E-state index is 0.0144. The molecule has 0 unspecified atom stereocenters. The largest absolute Gasteiger partial charge is 0.480 e. The highest BCUT2D eigenvalue weighted by Gasteiger charge is 2.40. The SMILES string of the molecule is O=C(O)[C@H](CO)N1C(=O)/C(=C/c2c(F)cccc2Cl)SC1=S. The van der Waals surface area contributed by atoms with Crippen molar-refractivity contribution in [2.24, 2.45) is 0 Å². The molecule has 9 heteroatoms. The smallest absolute Gasteiger partial charge is 0.329 e. The average molecular weight is 362 g/mol. The number of rotatable bonds is 4. The van der Waals surface area contributed by atoms with Crippen molar-refractivity contribution in [1.82, 2.24) is 4.90 Å². The van der Waals surface area contributed by atoms with E-state index in [4.69, 9.17) is 34.0 Å². The maximum absolute atomic E-state index is 13.7. The molecule has 0 aliphatic carbocycles. The third kappa shape index (κ3) is 3.14. The molecular weight excluding hydrogens is 353 g/mol. The minimum atomic E-state index is -1.48. The Balaban J connectivity index is 2.40. The van der Waals surface area contributed by atoms with Gasteiger partial charge in [-0.25, -0.2) is 9.18 Å². The minimum Gasteiger partial charge on any atom is -0.480 e. The molecule has 1 aliphatic heterocycles. The van der Waals surface area contributed by atoms with Gasteiger partial charge in [0.2, 0.25) is 0 Å². The molecule has 1 fully saturated rings. The highest BCUT2D eigenvalue weighted by molar-refractivity contribution is 8.26. The van der Waals surface area contributed by atoms with E-state index in [9.17, 15) is 14.0 Å². The number of halogens is 2. The number of aliphatic carboxylic acids is 1. The molecule has 1 aromatic rings. The Kier molecular flexibility index (Phi) is 5.17. The standard InChI is InChI=1S/C13H9ClFNO4S2/c14-7-2-1-3-8(15)6(7)4-10-11(18)16(13(21)22-10)9(5-17)12(19)20/h1-4,9,17H,5H2,(H,19,20)/b10-4-/t9-/m0/s1. The van der Waals surface area contributed by atoms with Crippen LogP contribution in [0.15, 0.2) is 23.1 Å². The van der Waals surface area contributed by atoms with Crippen LogP contribution in [-0.4, -0.2) is 44.0 Å². The van der Waals surface area contributed by atoms with Crippen LogP contribution < -0.4 is 0 Å². The summed E-state index contributed by atoms with van der Waals surface area (Å²) in [5.41, 5.74) is 0.0144. The van der Waals surface area contributed by atoms with E-state index in [1.807, 2.05) is 0 Å². The molecule has 1 heterocycles. The van der Waals surface area contributed by atoms with Crippen LogP contribution in [-0.2, 0) is 9.59 Å². The summed E-state index contributed by atoms with van der Waals surface area (Å²) >= 11 is 11.7. The third-order valence-corrected chi connectivity index (χ3v) is 4.53. The highest BCUT2D eigenvalue weighted by atomic mass is 35.5. The molecule has 1 amide bonds. The second-order valence-electron chi connectivity index (χ2n) is 4.22. The molecule has 5 nitrogen and oxygen atoms in total. The van der Waals surface area contributed by atoms with Gasteiger partial charge in [0.1, 0.15) is 10.1 Å². The van der Waals surface area contributed by atoms with Crippen LogP contribution in [0.1, 0.15) is 5.56 Å². The number of hydrogen-bond donors (Lipinski definition) is 2. The Morgan fingerprint density at radius 3 is 2.77 bits per heavy atom. The summed E-state index contributed by atoms with van der Waals surface area (Å²) in [5, 5.41) is 18.2. The number of thiocarbonyl (C=S) groups is 1. The van der Waals surface area contributed by atoms with E-state index in [0.717, 1.165) is 16.7 Å². The zero-order chi connectivity index (χ0) is 16.4. The number of benzene rings is 1. The van der Waals surface area contributed by atoms with Crippen LogP contribution in [0.2, 0.25) is 5.02 Å². The molecule has 22 heavy (non-hydrogen) atoms. The lowest BCUT2D eigenvalue weighted by Crippen LogP contribution is -2.46.